The molecule has 1 saturated heterocycles. The number of halogens is 1. The molecule has 5 rings (SSSR count). The molecule has 0 radical (unpaired) electrons. The second-order valence-corrected chi connectivity index (χ2v) is 12.0. The Morgan fingerprint density at radius 3 is 2.77 bits per heavy atom. The molecule has 1 fully saturated rings. The van der Waals surface area contributed by atoms with E-state index in [1.807, 2.05) is 13.8 Å². The molecule has 2 aliphatic rings. The van der Waals surface area contributed by atoms with Gasteiger partial charge in [-0.25, -0.2) is 14.2 Å². The van der Waals surface area contributed by atoms with E-state index < -0.39 is 15.7 Å². The minimum atomic E-state index is -1.36. The zero-order valence-corrected chi connectivity index (χ0v) is 20.2. The van der Waals surface area contributed by atoms with E-state index in [0.717, 1.165) is 44.7 Å². The zero-order chi connectivity index (χ0) is 21.8. The first-order valence-corrected chi connectivity index (χ1v) is 12.7. The molecule has 1 spiro atoms. The topological polar surface area (TPSA) is 101 Å². The van der Waals surface area contributed by atoms with Gasteiger partial charge in [0, 0.05) is 13.1 Å². The highest BCUT2D eigenvalue weighted by atomic mass is 79.9. The summed E-state index contributed by atoms with van der Waals surface area (Å²) in [5.74, 6) is 1.20. The fourth-order valence-electron chi connectivity index (χ4n) is 5.37. The molecule has 0 amide bonds. The predicted octanol–water partition coefficient (Wildman–Crippen LogP) is 3.83. The third-order valence-corrected chi connectivity index (χ3v) is 8.82. The van der Waals surface area contributed by atoms with Crippen LogP contribution in [0, 0.1) is 5.41 Å². The molecule has 0 saturated carbocycles. The summed E-state index contributed by atoms with van der Waals surface area (Å²) in [5, 5.41) is 5.87. The summed E-state index contributed by atoms with van der Waals surface area (Å²) in [6.07, 6.45) is 5.69. The van der Waals surface area contributed by atoms with Crippen molar-refractivity contribution in [2.45, 2.75) is 50.2 Å². The maximum Gasteiger partial charge on any atom is 0.206 e. The average Bonchev–Trinajstić information content (AvgIpc) is 3.28. The number of hydrogen-bond acceptors (Lipinski definition) is 5. The molecule has 3 N–H and O–H groups in total. The van der Waals surface area contributed by atoms with Gasteiger partial charge in [0.25, 0.3) is 0 Å². The van der Waals surface area contributed by atoms with Crippen molar-refractivity contribution in [3.8, 4) is 0 Å². The zero-order valence-electron chi connectivity index (χ0n) is 17.8. The van der Waals surface area contributed by atoms with E-state index in [4.69, 9.17) is 5.14 Å². The number of nitrogens with one attached hydrogen (secondary N) is 1. The first-order chi connectivity index (χ1) is 14.8. The van der Waals surface area contributed by atoms with Gasteiger partial charge in [-0.05, 0) is 77.9 Å². The predicted molar refractivity (Wildman–Crippen MR) is 127 cm³/mol. The van der Waals surface area contributed by atoms with Gasteiger partial charge in [0.05, 0.1) is 21.9 Å². The van der Waals surface area contributed by atoms with Crippen molar-refractivity contribution in [2.75, 3.05) is 18.0 Å². The van der Waals surface area contributed by atoms with Crippen molar-refractivity contribution in [1.29, 1.82) is 0 Å². The number of benzene rings is 1. The van der Waals surface area contributed by atoms with E-state index in [1.54, 1.807) is 6.20 Å². The summed E-state index contributed by atoms with van der Waals surface area (Å²) < 4.78 is 12.5. The van der Waals surface area contributed by atoms with Gasteiger partial charge in [0.15, 0.2) is 11.3 Å². The monoisotopic (exact) mass is 502 g/mol. The Hall–Kier alpha value is -1.84. The first kappa shape index (κ1) is 21.0. The number of aromatic nitrogens is 4. The van der Waals surface area contributed by atoms with Crippen LogP contribution in [0.25, 0.3) is 11.3 Å². The first-order valence-electron chi connectivity index (χ1n) is 10.6. The van der Waals surface area contributed by atoms with Crippen LogP contribution in [-0.2, 0) is 17.4 Å². The largest absolute Gasteiger partial charge is 0.342 e. The SMILES string of the molecule is CC(C)(C[C@@H]1c2ccccc2CC12CCN(c1nc3ncc(Br)nc3[nH]1)CC2)S(N)=O. The molecule has 2 aromatic heterocycles. The quantitative estimate of drug-likeness (QED) is 0.564. The van der Waals surface area contributed by atoms with Gasteiger partial charge in [-0.2, -0.15) is 4.98 Å². The molecular formula is C22H27BrN6OS. The number of piperidine rings is 1. The van der Waals surface area contributed by atoms with Gasteiger partial charge < -0.3 is 9.88 Å². The third kappa shape index (κ3) is 3.70. The molecule has 1 aliphatic heterocycles. The van der Waals surface area contributed by atoms with Gasteiger partial charge in [0.2, 0.25) is 5.95 Å². The van der Waals surface area contributed by atoms with Crippen LogP contribution in [0.1, 0.15) is 50.2 Å². The average molecular weight is 503 g/mol. The number of aromatic amines is 1. The van der Waals surface area contributed by atoms with Crippen molar-refractivity contribution in [2.24, 2.45) is 10.6 Å². The Kier molecular flexibility index (Phi) is 5.18. The van der Waals surface area contributed by atoms with Gasteiger partial charge >= 0.3 is 0 Å². The standard InChI is InChI=1S/C22H27BrN6OS/c1-21(2,31(24)30)12-16-15-6-4-3-5-14(15)11-22(16)7-9-29(10-8-22)20-27-18-19(28-20)26-17(23)13-25-18/h3-6,13,16H,7-12,24H2,1-2H3,(H,25,26,27,28)/t16-,31?/m1/s1. The number of hydrogen-bond donors (Lipinski definition) is 2. The fraction of sp³-hybridized carbons (Fsp3) is 0.500. The number of H-pyrrole nitrogens is 1. The number of fused-ring (bicyclic) bond motifs is 2. The second-order valence-electron chi connectivity index (χ2n) is 9.46. The highest BCUT2D eigenvalue weighted by molar-refractivity contribution is 9.10. The highest BCUT2D eigenvalue weighted by Crippen LogP contribution is 2.56. The Morgan fingerprint density at radius 1 is 1.29 bits per heavy atom. The van der Waals surface area contributed by atoms with E-state index in [-0.39, 0.29) is 5.41 Å². The second kappa shape index (κ2) is 7.64. The van der Waals surface area contributed by atoms with E-state index in [0.29, 0.717) is 21.8 Å². The maximum atomic E-state index is 12.2. The lowest BCUT2D eigenvalue weighted by Crippen LogP contribution is -2.45. The van der Waals surface area contributed by atoms with E-state index >= 15 is 0 Å². The summed E-state index contributed by atoms with van der Waals surface area (Å²) in [7, 11) is -1.36. The van der Waals surface area contributed by atoms with Crippen LogP contribution in [0.5, 0.6) is 0 Å². The Bertz CT molecular complexity index is 1150. The van der Waals surface area contributed by atoms with Crippen LogP contribution >= 0.6 is 15.9 Å². The van der Waals surface area contributed by atoms with E-state index in [2.05, 4.69) is 65.0 Å². The van der Waals surface area contributed by atoms with Gasteiger partial charge in [0.1, 0.15) is 4.60 Å². The van der Waals surface area contributed by atoms with Crippen LogP contribution in [0.3, 0.4) is 0 Å². The Morgan fingerprint density at radius 2 is 2.03 bits per heavy atom. The Labute approximate surface area is 193 Å². The van der Waals surface area contributed by atoms with Crippen molar-refractivity contribution in [3.05, 3.63) is 46.2 Å². The molecule has 1 aromatic carbocycles. The highest BCUT2D eigenvalue weighted by Gasteiger charge is 2.49. The molecule has 3 heterocycles. The summed E-state index contributed by atoms with van der Waals surface area (Å²) in [6, 6.07) is 8.76. The Balaban J connectivity index is 1.41. The molecule has 2 atom stereocenters. The van der Waals surface area contributed by atoms with Gasteiger partial charge in [-0.1, -0.05) is 24.3 Å². The molecule has 1 unspecified atom stereocenters. The number of imidazole rings is 1. The number of nitrogens with zero attached hydrogens (tertiary/aromatic N) is 4. The van der Waals surface area contributed by atoms with Crippen LogP contribution in [0.2, 0.25) is 0 Å². The molecule has 9 heteroatoms. The molecule has 7 nitrogen and oxygen atoms in total. The third-order valence-electron chi connectivity index (χ3n) is 7.18. The van der Waals surface area contributed by atoms with Gasteiger partial charge in [-0.15, -0.1) is 0 Å². The minimum Gasteiger partial charge on any atom is -0.342 e. The number of rotatable bonds is 4. The molecule has 1 aliphatic carbocycles. The van der Waals surface area contributed by atoms with Crippen LogP contribution in [-0.4, -0.2) is 42.0 Å². The van der Waals surface area contributed by atoms with Crippen molar-refractivity contribution in [1.82, 2.24) is 19.9 Å². The summed E-state index contributed by atoms with van der Waals surface area (Å²) in [4.78, 5) is 19.0. The molecule has 0 bridgehead atoms. The molecule has 31 heavy (non-hydrogen) atoms. The summed E-state index contributed by atoms with van der Waals surface area (Å²) in [5.41, 5.74) is 4.35. The van der Waals surface area contributed by atoms with Crippen LogP contribution in [0.15, 0.2) is 35.1 Å². The van der Waals surface area contributed by atoms with E-state index in [1.165, 1.54) is 11.1 Å². The summed E-state index contributed by atoms with van der Waals surface area (Å²) in [6.45, 7) is 5.88. The van der Waals surface area contributed by atoms with Crippen molar-refractivity contribution >= 4 is 44.2 Å². The van der Waals surface area contributed by atoms with Crippen molar-refractivity contribution in [3.63, 3.8) is 0 Å². The summed E-state index contributed by atoms with van der Waals surface area (Å²) >= 11 is 3.37. The lowest BCUT2D eigenvalue weighted by molar-refractivity contribution is 0.170. The number of anilines is 1. The molecular weight excluding hydrogens is 476 g/mol. The van der Waals surface area contributed by atoms with Crippen LogP contribution in [0.4, 0.5) is 5.95 Å². The molecule has 164 valence electrons. The van der Waals surface area contributed by atoms with E-state index in [9.17, 15) is 4.21 Å². The lowest BCUT2D eigenvalue weighted by Gasteiger charge is -2.45. The fourth-order valence-corrected chi connectivity index (χ4v) is 5.98. The van der Waals surface area contributed by atoms with Gasteiger partial charge in [-0.3, -0.25) is 5.14 Å². The normalized spacial score (nSPS) is 21.5. The van der Waals surface area contributed by atoms with Crippen molar-refractivity contribution < 1.29 is 4.21 Å². The minimum absolute atomic E-state index is 0.169. The number of nitrogens with two attached hydrogens (primary N) is 1. The lowest BCUT2D eigenvalue weighted by atomic mass is 9.67. The smallest absolute Gasteiger partial charge is 0.206 e. The maximum absolute atomic E-state index is 12.2. The molecule has 3 aromatic rings. The van der Waals surface area contributed by atoms with Crippen LogP contribution < -0.4 is 10.0 Å².